The zero-order valence-corrected chi connectivity index (χ0v) is 11.5. The highest BCUT2D eigenvalue weighted by Gasteiger charge is 2.21. The molecule has 3 rings (SSSR count). The van der Waals surface area contributed by atoms with Crippen LogP contribution in [0.4, 0.5) is 5.69 Å². The molecule has 0 spiro atoms. The normalized spacial score (nSPS) is 15.4. The molecule has 1 N–H and O–H groups in total. The average Bonchev–Trinajstić information content (AvgIpc) is 2.75. The van der Waals surface area contributed by atoms with E-state index in [1.54, 1.807) is 11.3 Å². The molecule has 2 nitrogen and oxygen atoms in total. The van der Waals surface area contributed by atoms with Gasteiger partial charge in [0.1, 0.15) is 0 Å². The molecule has 0 saturated heterocycles. The van der Waals surface area contributed by atoms with Gasteiger partial charge in [-0.25, -0.2) is 4.98 Å². The van der Waals surface area contributed by atoms with Crippen LogP contribution in [0.1, 0.15) is 41.4 Å². The predicted molar refractivity (Wildman–Crippen MR) is 77.5 cm³/mol. The van der Waals surface area contributed by atoms with Crippen LogP contribution in [-0.4, -0.2) is 12.0 Å². The summed E-state index contributed by atoms with van der Waals surface area (Å²) in [7, 11) is 1.96. The lowest BCUT2D eigenvalue weighted by Gasteiger charge is -2.23. The van der Waals surface area contributed by atoms with Gasteiger partial charge in [0, 0.05) is 30.5 Å². The zero-order valence-electron chi connectivity index (χ0n) is 10.6. The topological polar surface area (TPSA) is 24.9 Å². The monoisotopic (exact) mass is 258 g/mol. The van der Waals surface area contributed by atoms with Gasteiger partial charge in [-0.15, -0.1) is 11.3 Å². The molecule has 0 atom stereocenters. The van der Waals surface area contributed by atoms with E-state index in [1.165, 1.54) is 41.2 Å². The fraction of sp³-hybridized carbons (Fsp3) is 0.400. The van der Waals surface area contributed by atoms with Crippen molar-refractivity contribution in [3.63, 3.8) is 0 Å². The van der Waals surface area contributed by atoms with Crippen LogP contribution >= 0.6 is 11.3 Å². The molecule has 0 amide bonds. The van der Waals surface area contributed by atoms with Crippen molar-refractivity contribution in [2.45, 2.75) is 31.6 Å². The van der Waals surface area contributed by atoms with E-state index in [0.717, 1.165) is 12.3 Å². The standard InChI is InChI=1S/C15H18N2S/c1-16-13-7-2-4-11(8-13)9-15-17-14(10-18-15)12-5-3-6-12/h2,4,7-8,10,12,16H,3,5-6,9H2,1H3. The Hall–Kier alpha value is -1.35. The molecular formula is C15H18N2S. The summed E-state index contributed by atoms with van der Waals surface area (Å²) in [6.07, 6.45) is 4.99. The summed E-state index contributed by atoms with van der Waals surface area (Å²) in [5, 5.41) is 6.67. The van der Waals surface area contributed by atoms with Gasteiger partial charge in [-0.2, -0.15) is 0 Å². The Morgan fingerprint density at radius 2 is 2.28 bits per heavy atom. The Balaban J connectivity index is 1.72. The van der Waals surface area contributed by atoms with Crippen LogP contribution < -0.4 is 5.32 Å². The average molecular weight is 258 g/mol. The second-order valence-corrected chi connectivity index (χ2v) is 5.86. The molecule has 18 heavy (non-hydrogen) atoms. The van der Waals surface area contributed by atoms with E-state index in [1.807, 2.05) is 7.05 Å². The highest BCUT2D eigenvalue weighted by molar-refractivity contribution is 7.09. The Morgan fingerprint density at radius 1 is 1.39 bits per heavy atom. The molecule has 1 fully saturated rings. The molecule has 0 aliphatic heterocycles. The van der Waals surface area contributed by atoms with Crippen LogP contribution in [0, 0.1) is 0 Å². The van der Waals surface area contributed by atoms with Crippen molar-refractivity contribution >= 4 is 17.0 Å². The van der Waals surface area contributed by atoms with E-state index in [4.69, 9.17) is 4.98 Å². The van der Waals surface area contributed by atoms with Crippen molar-refractivity contribution in [2.24, 2.45) is 0 Å². The maximum atomic E-state index is 4.78. The number of nitrogens with one attached hydrogen (secondary N) is 1. The van der Waals surface area contributed by atoms with Crippen molar-refractivity contribution in [1.82, 2.24) is 4.98 Å². The summed E-state index contributed by atoms with van der Waals surface area (Å²) in [4.78, 5) is 4.78. The van der Waals surface area contributed by atoms with Gasteiger partial charge in [0.15, 0.2) is 0 Å². The zero-order chi connectivity index (χ0) is 12.4. The SMILES string of the molecule is CNc1cccc(Cc2nc(C3CCC3)cs2)c1. The molecule has 1 heterocycles. The molecular weight excluding hydrogens is 240 g/mol. The van der Waals surface area contributed by atoms with Gasteiger partial charge in [-0.3, -0.25) is 0 Å². The highest BCUT2D eigenvalue weighted by atomic mass is 32.1. The number of thiazole rings is 1. The smallest absolute Gasteiger partial charge is 0.0972 e. The van der Waals surface area contributed by atoms with Crippen LogP contribution in [-0.2, 0) is 6.42 Å². The van der Waals surface area contributed by atoms with E-state index in [0.29, 0.717) is 0 Å². The van der Waals surface area contributed by atoms with Crippen LogP contribution in [0.15, 0.2) is 29.6 Å². The van der Waals surface area contributed by atoms with Crippen molar-refractivity contribution in [3.05, 3.63) is 45.9 Å². The van der Waals surface area contributed by atoms with E-state index in [9.17, 15) is 0 Å². The summed E-state index contributed by atoms with van der Waals surface area (Å²) >= 11 is 1.80. The number of anilines is 1. The third kappa shape index (κ3) is 2.41. The Kier molecular flexibility index (Phi) is 3.33. The molecule has 1 aromatic carbocycles. The largest absolute Gasteiger partial charge is 0.388 e. The first kappa shape index (κ1) is 11.7. The second kappa shape index (κ2) is 5.11. The number of hydrogen-bond donors (Lipinski definition) is 1. The van der Waals surface area contributed by atoms with Gasteiger partial charge in [0.2, 0.25) is 0 Å². The molecule has 2 aromatic rings. The minimum absolute atomic E-state index is 0.749. The summed E-state index contributed by atoms with van der Waals surface area (Å²) in [5.74, 6) is 0.749. The van der Waals surface area contributed by atoms with Crippen molar-refractivity contribution in [2.75, 3.05) is 12.4 Å². The van der Waals surface area contributed by atoms with Gasteiger partial charge in [0.25, 0.3) is 0 Å². The van der Waals surface area contributed by atoms with E-state index >= 15 is 0 Å². The molecule has 1 aliphatic carbocycles. The second-order valence-electron chi connectivity index (χ2n) is 4.92. The van der Waals surface area contributed by atoms with Gasteiger partial charge in [0.05, 0.1) is 10.7 Å². The lowest BCUT2D eigenvalue weighted by Crippen LogP contribution is -2.09. The first-order chi connectivity index (χ1) is 8.85. The Labute approximate surface area is 112 Å². The summed E-state index contributed by atoms with van der Waals surface area (Å²) in [6, 6.07) is 8.56. The molecule has 94 valence electrons. The molecule has 0 unspecified atom stereocenters. The first-order valence-corrected chi connectivity index (χ1v) is 7.44. The predicted octanol–water partition coefficient (Wildman–Crippen LogP) is 4.04. The van der Waals surface area contributed by atoms with E-state index in [-0.39, 0.29) is 0 Å². The van der Waals surface area contributed by atoms with Gasteiger partial charge in [-0.1, -0.05) is 18.6 Å². The summed E-state index contributed by atoms with van der Waals surface area (Å²) in [5.41, 5.74) is 3.82. The Morgan fingerprint density at radius 3 is 3.00 bits per heavy atom. The number of aromatic nitrogens is 1. The van der Waals surface area contributed by atoms with Gasteiger partial charge >= 0.3 is 0 Å². The third-order valence-corrected chi connectivity index (χ3v) is 4.53. The maximum Gasteiger partial charge on any atom is 0.0972 e. The fourth-order valence-corrected chi connectivity index (χ4v) is 3.22. The van der Waals surface area contributed by atoms with Crippen molar-refractivity contribution in [3.8, 4) is 0 Å². The number of hydrogen-bond acceptors (Lipinski definition) is 3. The van der Waals surface area contributed by atoms with Crippen LogP contribution in [0.5, 0.6) is 0 Å². The lowest BCUT2D eigenvalue weighted by molar-refractivity contribution is 0.412. The van der Waals surface area contributed by atoms with Crippen LogP contribution in [0.3, 0.4) is 0 Å². The molecule has 1 saturated carbocycles. The van der Waals surface area contributed by atoms with Gasteiger partial charge in [-0.05, 0) is 30.5 Å². The summed E-state index contributed by atoms with van der Waals surface area (Å²) in [6.45, 7) is 0. The quantitative estimate of drug-likeness (QED) is 0.895. The van der Waals surface area contributed by atoms with E-state index in [2.05, 4.69) is 35.0 Å². The maximum absolute atomic E-state index is 4.78. The van der Waals surface area contributed by atoms with Crippen molar-refractivity contribution in [1.29, 1.82) is 0 Å². The van der Waals surface area contributed by atoms with E-state index < -0.39 is 0 Å². The van der Waals surface area contributed by atoms with Crippen LogP contribution in [0.25, 0.3) is 0 Å². The lowest BCUT2D eigenvalue weighted by atomic mass is 9.83. The minimum Gasteiger partial charge on any atom is -0.388 e. The number of benzene rings is 1. The molecule has 0 radical (unpaired) electrons. The van der Waals surface area contributed by atoms with Crippen molar-refractivity contribution < 1.29 is 0 Å². The first-order valence-electron chi connectivity index (χ1n) is 6.56. The molecule has 3 heteroatoms. The minimum atomic E-state index is 0.749. The molecule has 0 bridgehead atoms. The van der Waals surface area contributed by atoms with Gasteiger partial charge < -0.3 is 5.32 Å². The fourth-order valence-electron chi connectivity index (χ4n) is 2.31. The third-order valence-electron chi connectivity index (χ3n) is 3.66. The highest BCUT2D eigenvalue weighted by Crippen LogP contribution is 2.36. The molecule has 1 aromatic heterocycles. The number of rotatable bonds is 4. The van der Waals surface area contributed by atoms with Crippen LogP contribution in [0.2, 0.25) is 0 Å². The summed E-state index contributed by atoms with van der Waals surface area (Å²) < 4.78 is 0. The molecule has 1 aliphatic rings. The number of nitrogens with zero attached hydrogens (tertiary/aromatic N) is 1. The Bertz CT molecular complexity index is 529.